The minimum Gasteiger partial charge on any atom is -0.490 e. The monoisotopic (exact) mass is 486 g/mol. The summed E-state index contributed by atoms with van der Waals surface area (Å²) in [4.78, 5) is 17.6. The predicted octanol–water partition coefficient (Wildman–Crippen LogP) is 5.92. The lowest BCUT2D eigenvalue weighted by molar-refractivity contribution is -0.115. The number of amidine groups is 1. The number of carbonyl (C=O) groups is 1. The van der Waals surface area contributed by atoms with Crippen LogP contribution in [0.4, 0.5) is 5.69 Å². The van der Waals surface area contributed by atoms with Crippen molar-refractivity contribution in [2.45, 2.75) is 20.8 Å². The van der Waals surface area contributed by atoms with Crippen molar-refractivity contribution in [3.05, 3.63) is 69.1 Å². The molecule has 1 saturated heterocycles. The van der Waals surface area contributed by atoms with Gasteiger partial charge in [-0.3, -0.25) is 4.79 Å². The van der Waals surface area contributed by atoms with Gasteiger partial charge in [-0.05, 0) is 79.6 Å². The van der Waals surface area contributed by atoms with Crippen LogP contribution in [0.5, 0.6) is 11.5 Å². The van der Waals surface area contributed by atoms with E-state index in [1.165, 1.54) is 11.8 Å². The third-order valence-electron chi connectivity index (χ3n) is 4.22. The summed E-state index contributed by atoms with van der Waals surface area (Å²) in [5.41, 5.74) is 3.85. The van der Waals surface area contributed by atoms with E-state index in [4.69, 9.17) is 9.47 Å². The Labute approximate surface area is 189 Å². The maximum Gasteiger partial charge on any atom is 0.264 e. The number of halogens is 1. The number of aryl methyl sites for hydroxylation is 2. The first-order valence-electron chi connectivity index (χ1n) is 9.48. The molecule has 5 nitrogen and oxygen atoms in total. The van der Waals surface area contributed by atoms with Crippen molar-refractivity contribution in [2.24, 2.45) is 4.99 Å². The quantitative estimate of drug-likeness (QED) is 0.389. The summed E-state index contributed by atoms with van der Waals surface area (Å²) in [5.74, 6) is 1.10. The lowest BCUT2D eigenvalue weighted by Crippen LogP contribution is -2.19. The van der Waals surface area contributed by atoms with Crippen LogP contribution < -0.4 is 14.8 Å². The van der Waals surface area contributed by atoms with Crippen LogP contribution in [0, 0.1) is 13.8 Å². The lowest BCUT2D eigenvalue weighted by Gasteiger charge is -2.11. The van der Waals surface area contributed by atoms with Gasteiger partial charge in [-0.2, -0.15) is 0 Å². The first kappa shape index (κ1) is 22.2. The van der Waals surface area contributed by atoms with Crippen LogP contribution in [0.1, 0.15) is 23.6 Å². The molecule has 156 valence electrons. The lowest BCUT2D eigenvalue weighted by atomic mass is 10.1. The molecule has 0 saturated carbocycles. The maximum absolute atomic E-state index is 12.4. The average molecular weight is 487 g/mol. The minimum atomic E-state index is -0.172. The molecular weight excluding hydrogens is 464 g/mol. The molecule has 0 spiro atoms. The van der Waals surface area contributed by atoms with Gasteiger partial charge in [-0.1, -0.05) is 34.7 Å². The Balaban J connectivity index is 1.84. The molecular formula is C23H23BrN2O3S. The number of rotatable bonds is 7. The molecule has 0 unspecified atom stereocenters. The van der Waals surface area contributed by atoms with E-state index < -0.39 is 0 Å². The number of ether oxygens (including phenoxy) is 2. The molecule has 7 heteroatoms. The second-order valence-electron chi connectivity index (χ2n) is 6.61. The average Bonchev–Trinajstić information content (AvgIpc) is 3.04. The van der Waals surface area contributed by atoms with E-state index >= 15 is 0 Å². The second kappa shape index (κ2) is 10.00. The molecule has 30 heavy (non-hydrogen) atoms. The Bertz CT molecular complexity index is 1020. The van der Waals surface area contributed by atoms with E-state index in [2.05, 4.69) is 32.8 Å². The van der Waals surface area contributed by atoms with Gasteiger partial charge in [-0.15, -0.1) is 0 Å². The van der Waals surface area contributed by atoms with Gasteiger partial charge in [0.05, 0.1) is 17.2 Å². The number of hydrogen-bond donors (Lipinski definition) is 1. The van der Waals surface area contributed by atoms with Gasteiger partial charge < -0.3 is 14.8 Å². The van der Waals surface area contributed by atoms with Gasteiger partial charge >= 0.3 is 0 Å². The molecule has 3 rings (SSSR count). The third-order valence-corrected chi connectivity index (χ3v) is 6.39. The first-order valence-corrected chi connectivity index (χ1v) is 11.1. The standard InChI is InChI=1S/C23H23BrN2O3S/c1-5-9-29-18-8-7-16(12-19(18)28-6-2)13-20-22(27)26-23(30-20)25-17-10-14(3)21(24)15(4)11-17/h5,7-8,10-13H,1,6,9H2,2-4H3,(H,25,26,27)/b20-13-. The highest BCUT2D eigenvalue weighted by Crippen LogP contribution is 2.33. The topological polar surface area (TPSA) is 59.9 Å². The Kier molecular flexibility index (Phi) is 7.39. The summed E-state index contributed by atoms with van der Waals surface area (Å²) in [6, 6.07) is 9.54. The van der Waals surface area contributed by atoms with Gasteiger partial charge in [0.25, 0.3) is 5.91 Å². The van der Waals surface area contributed by atoms with Crippen molar-refractivity contribution >= 4 is 50.5 Å². The van der Waals surface area contributed by atoms with Crippen LogP contribution in [0.25, 0.3) is 6.08 Å². The summed E-state index contributed by atoms with van der Waals surface area (Å²) in [5, 5.41) is 3.39. The number of thioether (sulfide) groups is 1. The molecule has 1 heterocycles. The summed E-state index contributed by atoms with van der Waals surface area (Å²) in [7, 11) is 0. The predicted molar refractivity (Wildman–Crippen MR) is 128 cm³/mol. The van der Waals surface area contributed by atoms with E-state index in [1.807, 2.05) is 57.2 Å². The van der Waals surface area contributed by atoms with Crippen molar-refractivity contribution in [2.75, 3.05) is 13.2 Å². The molecule has 0 radical (unpaired) electrons. The zero-order valence-electron chi connectivity index (χ0n) is 17.1. The number of carbonyl (C=O) groups excluding carboxylic acids is 1. The highest BCUT2D eigenvalue weighted by atomic mass is 79.9. The highest BCUT2D eigenvalue weighted by molar-refractivity contribution is 9.10. The number of nitrogens with zero attached hydrogens (tertiary/aromatic N) is 1. The Morgan fingerprint density at radius 2 is 1.90 bits per heavy atom. The smallest absolute Gasteiger partial charge is 0.264 e. The number of hydrogen-bond acceptors (Lipinski definition) is 5. The van der Waals surface area contributed by atoms with Crippen LogP contribution in [-0.4, -0.2) is 24.3 Å². The molecule has 2 aromatic carbocycles. The Morgan fingerprint density at radius 3 is 2.57 bits per heavy atom. The van der Waals surface area contributed by atoms with E-state index in [9.17, 15) is 4.79 Å². The van der Waals surface area contributed by atoms with Gasteiger partial charge in [0, 0.05) is 4.47 Å². The fourth-order valence-corrected chi connectivity index (χ4v) is 3.96. The second-order valence-corrected chi connectivity index (χ2v) is 8.44. The Hall–Kier alpha value is -2.51. The molecule has 1 aliphatic rings. The minimum absolute atomic E-state index is 0.172. The van der Waals surface area contributed by atoms with E-state index in [1.54, 1.807) is 6.08 Å². The third kappa shape index (κ3) is 5.34. The van der Waals surface area contributed by atoms with Crippen LogP contribution >= 0.6 is 27.7 Å². The van der Waals surface area contributed by atoms with Gasteiger partial charge in [-0.25, -0.2) is 4.99 Å². The van der Waals surface area contributed by atoms with Crippen LogP contribution in [0.2, 0.25) is 0 Å². The van der Waals surface area contributed by atoms with E-state index in [0.717, 1.165) is 26.9 Å². The van der Waals surface area contributed by atoms with Gasteiger partial charge in [0.2, 0.25) is 0 Å². The molecule has 1 aliphatic heterocycles. The molecule has 1 N–H and O–H groups in total. The molecule has 1 amide bonds. The number of amides is 1. The summed E-state index contributed by atoms with van der Waals surface area (Å²) in [6.45, 7) is 10.5. The normalized spacial score (nSPS) is 16.1. The number of benzene rings is 2. The fraction of sp³-hybridized carbons (Fsp3) is 0.217. The number of aliphatic imine (C=N–C) groups is 1. The molecule has 0 aliphatic carbocycles. The molecule has 2 aromatic rings. The van der Waals surface area contributed by atoms with Gasteiger partial charge in [0.1, 0.15) is 6.61 Å². The van der Waals surface area contributed by atoms with E-state index in [0.29, 0.717) is 34.8 Å². The number of nitrogens with one attached hydrogen (secondary N) is 1. The van der Waals surface area contributed by atoms with Crippen molar-refractivity contribution in [1.82, 2.24) is 5.32 Å². The van der Waals surface area contributed by atoms with Crippen molar-refractivity contribution < 1.29 is 14.3 Å². The van der Waals surface area contributed by atoms with Crippen molar-refractivity contribution in [3.8, 4) is 11.5 Å². The molecule has 0 aromatic heterocycles. The largest absolute Gasteiger partial charge is 0.490 e. The highest BCUT2D eigenvalue weighted by Gasteiger charge is 2.24. The van der Waals surface area contributed by atoms with Crippen LogP contribution in [0.15, 0.2) is 57.4 Å². The molecule has 1 fully saturated rings. The first-order chi connectivity index (χ1) is 14.4. The molecule has 0 atom stereocenters. The zero-order chi connectivity index (χ0) is 21.7. The maximum atomic E-state index is 12.4. The van der Waals surface area contributed by atoms with Crippen LogP contribution in [-0.2, 0) is 4.79 Å². The summed E-state index contributed by atoms with van der Waals surface area (Å²) >= 11 is 4.88. The fourth-order valence-electron chi connectivity index (χ4n) is 2.89. The zero-order valence-corrected chi connectivity index (χ0v) is 19.5. The summed E-state index contributed by atoms with van der Waals surface area (Å²) in [6.07, 6.45) is 3.50. The molecule has 0 bridgehead atoms. The van der Waals surface area contributed by atoms with Crippen molar-refractivity contribution in [3.63, 3.8) is 0 Å². The summed E-state index contributed by atoms with van der Waals surface area (Å²) < 4.78 is 12.4. The Morgan fingerprint density at radius 1 is 1.17 bits per heavy atom. The van der Waals surface area contributed by atoms with Crippen LogP contribution in [0.3, 0.4) is 0 Å². The van der Waals surface area contributed by atoms with Crippen molar-refractivity contribution in [1.29, 1.82) is 0 Å². The SMILES string of the molecule is C=CCOc1ccc(/C=C2\SC(=Nc3cc(C)c(Br)c(C)c3)NC2=O)cc1OCC. The van der Waals surface area contributed by atoms with Gasteiger partial charge in [0.15, 0.2) is 16.7 Å². The van der Waals surface area contributed by atoms with E-state index in [-0.39, 0.29) is 5.91 Å².